The lowest BCUT2D eigenvalue weighted by molar-refractivity contribution is -0.131. The Labute approximate surface area is 147 Å². The van der Waals surface area contributed by atoms with Gasteiger partial charge in [-0.1, -0.05) is 6.92 Å². The number of aromatic nitrogens is 4. The van der Waals surface area contributed by atoms with Gasteiger partial charge in [-0.05, 0) is 6.92 Å². The fourth-order valence-electron chi connectivity index (χ4n) is 2.45. The van der Waals surface area contributed by atoms with Crippen LogP contribution in [0.2, 0.25) is 0 Å². The van der Waals surface area contributed by atoms with E-state index in [2.05, 4.69) is 9.97 Å². The van der Waals surface area contributed by atoms with E-state index in [9.17, 15) is 24.0 Å². The number of carbonyl (C=O) groups excluding carboxylic acids is 1. The molecular weight excluding hydrogens is 342 g/mol. The van der Waals surface area contributed by atoms with E-state index in [-0.39, 0.29) is 38.5 Å². The molecule has 0 atom stereocenters. The molecule has 0 spiro atoms. The third kappa shape index (κ3) is 4.68. The maximum atomic E-state index is 12.1. The maximum absolute atomic E-state index is 12.1. The van der Waals surface area contributed by atoms with Gasteiger partial charge in [0.25, 0.3) is 11.1 Å². The molecule has 0 radical (unpaired) electrons. The first-order chi connectivity index (χ1) is 12.3. The third-order valence-corrected chi connectivity index (χ3v) is 3.96. The normalized spacial score (nSPS) is 10.7. The largest absolute Gasteiger partial charge is 0.339 e. The summed E-state index contributed by atoms with van der Waals surface area (Å²) < 4.78 is 2.63. The fraction of sp³-hybridized carbons (Fsp3) is 0.438. The number of hydrogen-bond donors (Lipinski definition) is 2. The van der Waals surface area contributed by atoms with E-state index in [1.807, 2.05) is 0 Å². The van der Waals surface area contributed by atoms with E-state index in [0.717, 1.165) is 0 Å². The van der Waals surface area contributed by atoms with Crippen LogP contribution in [0.15, 0.2) is 37.6 Å². The van der Waals surface area contributed by atoms with Crippen LogP contribution in [-0.4, -0.2) is 43.0 Å². The lowest BCUT2D eigenvalue weighted by atomic mass is 10.3. The Morgan fingerprint density at radius 2 is 1.65 bits per heavy atom. The van der Waals surface area contributed by atoms with Crippen LogP contribution in [0.4, 0.5) is 0 Å². The Kier molecular flexibility index (Phi) is 6.10. The van der Waals surface area contributed by atoms with Gasteiger partial charge in [-0.15, -0.1) is 0 Å². The molecule has 140 valence electrons. The monoisotopic (exact) mass is 363 g/mol. The smallest absolute Gasteiger partial charge is 0.328 e. The van der Waals surface area contributed by atoms with Crippen LogP contribution >= 0.6 is 0 Å². The molecule has 0 aliphatic rings. The van der Waals surface area contributed by atoms with Crippen LogP contribution < -0.4 is 22.5 Å². The highest BCUT2D eigenvalue weighted by molar-refractivity contribution is 5.75. The van der Waals surface area contributed by atoms with Gasteiger partial charge in [0.1, 0.15) is 0 Å². The highest BCUT2D eigenvalue weighted by atomic mass is 16.2. The van der Waals surface area contributed by atoms with Crippen LogP contribution in [0, 0.1) is 6.92 Å². The quantitative estimate of drug-likeness (QED) is 0.627. The number of hydrogen-bond acceptors (Lipinski definition) is 5. The van der Waals surface area contributed by atoms with Crippen molar-refractivity contribution in [3.8, 4) is 0 Å². The molecule has 0 aliphatic heterocycles. The highest BCUT2D eigenvalue weighted by Gasteiger charge is 2.13. The molecule has 0 aliphatic carbocycles. The fourth-order valence-corrected chi connectivity index (χ4v) is 2.45. The van der Waals surface area contributed by atoms with Gasteiger partial charge in [-0.25, -0.2) is 9.59 Å². The van der Waals surface area contributed by atoms with Crippen LogP contribution in [0.3, 0.4) is 0 Å². The predicted octanol–water partition coefficient (Wildman–Crippen LogP) is -1.37. The zero-order valence-corrected chi connectivity index (χ0v) is 14.7. The summed E-state index contributed by atoms with van der Waals surface area (Å²) in [5, 5.41) is 0. The number of nitrogens with one attached hydrogen (secondary N) is 2. The molecule has 0 unspecified atom stereocenters. The molecule has 0 aromatic carbocycles. The number of H-pyrrole nitrogens is 2. The van der Waals surface area contributed by atoms with Gasteiger partial charge in [0.15, 0.2) is 0 Å². The minimum atomic E-state index is -0.547. The first kappa shape index (κ1) is 19.2. The van der Waals surface area contributed by atoms with Crippen molar-refractivity contribution in [3.05, 3.63) is 65.7 Å². The molecule has 10 heteroatoms. The predicted molar refractivity (Wildman–Crippen MR) is 94.3 cm³/mol. The SMILES string of the molecule is CCC(=O)N(CCn1ccc(=O)[nH]c1=O)CCn1cc(C)c(=O)[nH]c1=O. The molecule has 10 nitrogen and oxygen atoms in total. The molecule has 2 N–H and O–H groups in total. The molecule has 0 saturated carbocycles. The van der Waals surface area contributed by atoms with E-state index in [1.54, 1.807) is 13.8 Å². The lowest BCUT2D eigenvalue weighted by Crippen LogP contribution is -2.40. The van der Waals surface area contributed by atoms with Crippen molar-refractivity contribution >= 4 is 5.91 Å². The molecule has 2 aromatic rings. The van der Waals surface area contributed by atoms with E-state index in [1.165, 1.54) is 32.5 Å². The number of rotatable bonds is 7. The van der Waals surface area contributed by atoms with Crippen LogP contribution in [0.5, 0.6) is 0 Å². The molecule has 2 aromatic heterocycles. The molecule has 2 rings (SSSR count). The second-order valence-corrected chi connectivity index (χ2v) is 5.80. The Bertz CT molecular complexity index is 1010. The summed E-state index contributed by atoms with van der Waals surface area (Å²) in [6, 6.07) is 1.23. The second kappa shape index (κ2) is 8.28. The van der Waals surface area contributed by atoms with Crippen molar-refractivity contribution in [2.75, 3.05) is 13.1 Å². The summed E-state index contributed by atoms with van der Waals surface area (Å²) >= 11 is 0. The first-order valence-electron chi connectivity index (χ1n) is 8.19. The molecule has 26 heavy (non-hydrogen) atoms. The van der Waals surface area contributed by atoms with Gasteiger partial charge >= 0.3 is 11.4 Å². The third-order valence-electron chi connectivity index (χ3n) is 3.96. The highest BCUT2D eigenvalue weighted by Crippen LogP contribution is 1.97. The minimum absolute atomic E-state index is 0.128. The molecule has 0 bridgehead atoms. The number of aryl methyl sites for hydroxylation is 1. The summed E-state index contributed by atoms with van der Waals surface area (Å²) in [5.41, 5.74) is -1.61. The van der Waals surface area contributed by atoms with Crippen molar-refractivity contribution in [1.82, 2.24) is 24.0 Å². The topological polar surface area (TPSA) is 130 Å². The van der Waals surface area contributed by atoms with Crippen LogP contribution in [0.25, 0.3) is 0 Å². The van der Waals surface area contributed by atoms with E-state index >= 15 is 0 Å². The summed E-state index contributed by atoms with van der Waals surface area (Å²) in [5.74, 6) is -0.128. The Hall–Kier alpha value is -3.17. The summed E-state index contributed by atoms with van der Waals surface area (Å²) in [4.78, 5) is 64.1. The first-order valence-corrected chi connectivity index (χ1v) is 8.19. The van der Waals surface area contributed by atoms with Gasteiger partial charge in [-0.3, -0.25) is 33.5 Å². The van der Waals surface area contributed by atoms with Crippen molar-refractivity contribution < 1.29 is 4.79 Å². The maximum Gasteiger partial charge on any atom is 0.328 e. The Morgan fingerprint density at radius 1 is 1.04 bits per heavy atom. The molecule has 0 saturated heterocycles. The average molecular weight is 363 g/mol. The van der Waals surface area contributed by atoms with Crippen molar-refractivity contribution in [3.63, 3.8) is 0 Å². The number of nitrogens with zero attached hydrogens (tertiary/aromatic N) is 3. The van der Waals surface area contributed by atoms with Crippen molar-refractivity contribution in [2.45, 2.75) is 33.4 Å². The standard InChI is InChI=1S/C16H21N5O5/c1-3-13(23)19(6-8-20-5-4-12(22)17-15(20)25)7-9-21-10-11(2)14(24)18-16(21)26/h4-5,10H,3,6-9H2,1-2H3,(H,17,22,25)(H,18,24,26). The Balaban J connectivity index is 2.10. The van der Waals surface area contributed by atoms with Gasteiger partial charge in [0, 0.05) is 56.6 Å². The van der Waals surface area contributed by atoms with Gasteiger partial charge in [-0.2, -0.15) is 0 Å². The van der Waals surface area contributed by atoms with E-state index in [0.29, 0.717) is 5.56 Å². The molecule has 2 heterocycles. The zero-order valence-electron chi connectivity index (χ0n) is 14.7. The molecule has 0 fully saturated rings. The average Bonchev–Trinajstić information content (AvgIpc) is 2.59. The summed E-state index contributed by atoms with van der Waals surface area (Å²) in [6.45, 7) is 4.22. The van der Waals surface area contributed by atoms with Gasteiger partial charge < -0.3 is 4.90 Å². The van der Waals surface area contributed by atoms with Crippen LogP contribution in [0.1, 0.15) is 18.9 Å². The minimum Gasteiger partial charge on any atom is -0.339 e. The van der Waals surface area contributed by atoms with Gasteiger partial charge in [0.2, 0.25) is 5.91 Å². The van der Waals surface area contributed by atoms with E-state index < -0.39 is 22.5 Å². The Morgan fingerprint density at radius 3 is 2.27 bits per heavy atom. The van der Waals surface area contributed by atoms with Crippen molar-refractivity contribution in [1.29, 1.82) is 0 Å². The summed E-state index contributed by atoms with van der Waals surface area (Å²) in [6.07, 6.45) is 3.09. The number of aromatic amines is 2. The van der Waals surface area contributed by atoms with E-state index in [4.69, 9.17) is 0 Å². The number of amides is 1. The lowest BCUT2D eigenvalue weighted by Gasteiger charge is -2.23. The second-order valence-electron chi connectivity index (χ2n) is 5.80. The number of carbonyl (C=O) groups is 1. The molecular formula is C16H21N5O5. The van der Waals surface area contributed by atoms with Crippen LogP contribution in [-0.2, 0) is 17.9 Å². The van der Waals surface area contributed by atoms with Gasteiger partial charge in [0.05, 0.1) is 0 Å². The van der Waals surface area contributed by atoms with Crippen molar-refractivity contribution in [2.24, 2.45) is 0 Å². The molecule has 1 amide bonds. The summed E-state index contributed by atoms with van der Waals surface area (Å²) in [7, 11) is 0. The zero-order chi connectivity index (χ0) is 19.3.